The molecule has 14 heavy (non-hydrogen) atoms. The summed E-state index contributed by atoms with van der Waals surface area (Å²) in [4.78, 5) is 14.9. The van der Waals surface area contributed by atoms with Crippen LogP contribution >= 0.6 is 22.6 Å². The number of halogens is 1. The van der Waals surface area contributed by atoms with E-state index in [9.17, 15) is 4.79 Å². The SMILES string of the molecule is Cc1[nH]c2ccccc2c1C(=O)CI. The molecule has 3 heteroatoms. The van der Waals surface area contributed by atoms with Crippen LogP contribution in [-0.2, 0) is 0 Å². The summed E-state index contributed by atoms with van der Waals surface area (Å²) in [6, 6.07) is 7.90. The number of ketones is 1. The fourth-order valence-corrected chi connectivity index (χ4v) is 2.08. The van der Waals surface area contributed by atoms with E-state index < -0.39 is 0 Å². The third-order valence-electron chi connectivity index (χ3n) is 2.29. The van der Waals surface area contributed by atoms with Crippen LogP contribution < -0.4 is 0 Å². The van der Waals surface area contributed by atoms with E-state index in [0.29, 0.717) is 4.43 Å². The summed E-state index contributed by atoms with van der Waals surface area (Å²) in [5.41, 5.74) is 2.85. The number of carbonyl (C=O) groups excluding carboxylic acids is 1. The lowest BCUT2D eigenvalue weighted by Gasteiger charge is -1.95. The van der Waals surface area contributed by atoms with Gasteiger partial charge in [-0.1, -0.05) is 40.8 Å². The molecule has 1 aromatic heterocycles. The zero-order chi connectivity index (χ0) is 10.1. The molecule has 0 radical (unpaired) electrons. The second kappa shape index (κ2) is 3.73. The number of aromatic nitrogens is 1. The Labute approximate surface area is 95.8 Å². The van der Waals surface area contributed by atoms with E-state index >= 15 is 0 Å². The molecule has 0 aliphatic carbocycles. The summed E-state index contributed by atoms with van der Waals surface area (Å²) in [5, 5.41) is 1.03. The molecule has 0 unspecified atom stereocenters. The minimum absolute atomic E-state index is 0.195. The highest BCUT2D eigenvalue weighted by molar-refractivity contribution is 14.1. The second-order valence-corrected chi connectivity index (χ2v) is 3.99. The van der Waals surface area contributed by atoms with Crippen LogP contribution in [0, 0.1) is 6.92 Å². The summed E-state index contributed by atoms with van der Waals surface area (Å²) >= 11 is 2.10. The molecule has 2 rings (SSSR count). The van der Waals surface area contributed by atoms with Crippen molar-refractivity contribution in [3.63, 3.8) is 0 Å². The lowest BCUT2D eigenvalue weighted by atomic mass is 10.1. The van der Waals surface area contributed by atoms with Crippen molar-refractivity contribution < 1.29 is 4.79 Å². The Balaban J connectivity index is 2.74. The predicted octanol–water partition coefficient (Wildman–Crippen LogP) is 3.09. The average molecular weight is 299 g/mol. The van der Waals surface area contributed by atoms with Crippen LogP contribution in [0.15, 0.2) is 24.3 Å². The molecule has 0 aliphatic rings. The Morgan fingerprint density at radius 1 is 1.43 bits per heavy atom. The lowest BCUT2D eigenvalue weighted by Crippen LogP contribution is -2.00. The van der Waals surface area contributed by atoms with Gasteiger partial charge in [0.1, 0.15) is 0 Å². The Bertz CT molecular complexity index is 487. The van der Waals surface area contributed by atoms with Gasteiger partial charge in [-0.3, -0.25) is 4.79 Å². The maximum absolute atomic E-state index is 11.7. The quantitative estimate of drug-likeness (QED) is 0.516. The van der Waals surface area contributed by atoms with Gasteiger partial charge in [0.05, 0.1) is 4.43 Å². The number of carbonyl (C=O) groups is 1. The number of para-hydroxylation sites is 1. The second-order valence-electron chi connectivity index (χ2n) is 3.23. The number of alkyl halides is 1. The molecular formula is C11H10INO. The topological polar surface area (TPSA) is 32.9 Å². The summed E-state index contributed by atoms with van der Waals surface area (Å²) in [5.74, 6) is 0.195. The van der Waals surface area contributed by atoms with E-state index in [1.54, 1.807) is 0 Å². The Kier molecular flexibility index (Phi) is 2.58. The molecule has 2 aromatic rings. The number of aryl methyl sites for hydroxylation is 1. The van der Waals surface area contributed by atoms with Gasteiger partial charge in [-0.05, 0) is 13.0 Å². The van der Waals surface area contributed by atoms with Gasteiger partial charge < -0.3 is 4.98 Å². The maximum atomic E-state index is 11.7. The molecule has 0 atom stereocenters. The third-order valence-corrected chi connectivity index (χ3v) is 2.99. The first-order valence-electron chi connectivity index (χ1n) is 4.40. The average Bonchev–Trinajstić information content (AvgIpc) is 2.53. The van der Waals surface area contributed by atoms with Gasteiger partial charge in [0.25, 0.3) is 0 Å². The first-order chi connectivity index (χ1) is 6.74. The van der Waals surface area contributed by atoms with Gasteiger partial charge >= 0.3 is 0 Å². The van der Waals surface area contributed by atoms with Crippen molar-refractivity contribution in [1.29, 1.82) is 0 Å². The van der Waals surface area contributed by atoms with Crippen LogP contribution in [0.2, 0.25) is 0 Å². The van der Waals surface area contributed by atoms with Crippen molar-refractivity contribution >= 4 is 39.3 Å². The van der Waals surface area contributed by atoms with E-state index in [1.165, 1.54) is 0 Å². The number of nitrogens with one attached hydrogen (secondary N) is 1. The molecule has 0 spiro atoms. The number of Topliss-reactive ketones (excluding diaryl/α,β-unsaturated/α-hetero) is 1. The first kappa shape index (κ1) is 9.71. The van der Waals surface area contributed by atoms with Crippen molar-refractivity contribution in [2.24, 2.45) is 0 Å². The zero-order valence-electron chi connectivity index (χ0n) is 7.80. The number of fused-ring (bicyclic) bond motifs is 1. The van der Waals surface area contributed by atoms with Crippen molar-refractivity contribution in [3.05, 3.63) is 35.5 Å². The highest BCUT2D eigenvalue weighted by Crippen LogP contribution is 2.22. The van der Waals surface area contributed by atoms with Crippen LogP contribution in [0.4, 0.5) is 0 Å². The van der Waals surface area contributed by atoms with Crippen LogP contribution in [-0.4, -0.2) is 15.2 Å². The van der Waals surface area contributed by atoms with E-state index in [1.807, 2.05) is 31.2 Å². The molecule has 2 nitrogen and oxygen atoms in total. The molecule has 1 aromatic carbocycles. The number of hydrogen-bond donors (Lipinski definition) is 1. The smallest absolute Gasteiger partial charge is 0.174 e. The Morgan fingerprint density at radius 3 is 2.86 bits per heavy atom. The molecule has 1 N–H and O–H groups in total. The fourth-order valence-electron chi connectivity index (χ4n) is 1.70. The van der Waals surface area contributed by atoms with Crippen LogP contribution in [0.5, 0.6) is 0 Å². The maximum Gasteiger partial charge on any atom is 0.174 e. The number of rotatable bonds is 2. The third kappa shape index (κ3) is 1.45. The van der Waals surface area contributed by atoms with Gasteiger partial charge in [0.2, 0.25) is 0 Å². The standard InChI is InChI=1S/C11H10INO/c1-7-11(10(14)6-12)8-4-2-3-5-9(8)13-7/h2-5,13H,6H2,1H3. The minimum atomic E-state index is 0.195. The molecule has 0 fully saturated rings. The molecule has 72 valence electrons. The van der Waals surface area contributed by atoms with Gasteiger partial charge in [-0.2, -0.15) is 0 Å². The van der Waals surface area contributed by atoms with E-state index in [4.69, 9.17) is 0 Å². The molecule has 0 amide bonds. The van der Waals surface area contributed by atoms with Gasteiger partial charge in [0.15, 0.2) is 5.78 Å². The molecule has 1 heterocycles. The van der Waals surface area contributed by atoms with Crippen LogP contribution in [0.3, 0.4) is 0 Å². The minimum Gasteiger partial charge on any atom is -0.358 e. The van der Waals surface area contributed by atoms with Gasteiger partial charge in [0, 0.05) is 22.2 Å². The molecular weight excluding hydrogens is 289 g/mol. The molecule has 0 aliphatic heterocycles. The Morgan fingerprint density at radius 2 is 2.14 bits per heavy atom. The predicted molar refractivity (Wildman–Crippen MR) is 66.3 cm³/mol. The van der Waals surface area contributed by atoms with Crippen molar-refractivity contribution in [2.45, 2.75) is 6.92 Å². The number of benzene rings is 1. The van der Waals surface area contributed by atoms with E-state index in [-0.39, 0.29) is 5.78 Å². The lowest BCUT2D eigenvalue weighted by molar-refractivity contribution is 0.102. The largest absolute Gasteiger partial charge is 0.358 e. The van der Waals surface area contributed by atoms with Crippen molar-refractivity contribution in [2.75, 3.05) is 4.43 Å². The Hall–Kier alpha value is -0.840. The van der Waals surface area contributed by atoms with E-state index in [2.05, 4.69) is 27.6 Å². The summed E-state index contributed by atoms with van der Waals surface area (Å²) in [6.07, 6.45) is 0. The van der Waals surface area contributed by atoms with Gasteiger partial charge in [-0.15, -0.1) is 0 Å². The van der Waals surface area contributed by atoms with Crippen molar-refractivity contribution in [1.82, 2.24) is 4.98 Å². The number of aromatic amines is 1. The van der Waals surface area contributed by atoms with Crippen LogP contribution in [0.1, 0.15) is 16.1 Å². The van der Waals surface area contributed by atoms with Crippen LogP contribution in [0.25, 0.3) is 10.9 Å². The highest BCUT2D eigenvalue weighted by atomic mass is 127. The van der Waals surface area contributed by atoms with Crippen molar-refractivity contribution in [3.8, 4) is 0 Å². The summed E-state index contributed by atoms with van der Waals surface area (Å²) < 4.78 is 0.528. The number of hydrogen-bond acceptors (Lipinski definition) is 1. The van der Waals surface area contributed by atoms with Gasteiger partial charge in [-0.25, -0.2) is 0 Å². The number of H-pyrrole nitrogens is 1. The monoisotopic (exact) mass is 299 g/mol. The highest BCUT2D eigenvalue weighted by Gasteiger charge is 2.13. The van der Waals surface area contributed by atoms with E-state index in [0.717, 1.165) is 22.2 Å². The fraction of sp³-hybridized carbons (Fsp3) is 0.182. The zero-order valence-corrected chi connectivity index (χ0v) is 9.96. The normalized spacial score (nSPS) is 10.7. The summed E-state index contributed by atoms with van der Waals surface area (Å²) in [6.45, 7) is 1.94. The molecule has 0 bridgehead atoms. The summed E-state index contributed by atoms with van der Waals surface area (Å²) in [7, 11) is 0. The first-order valence-corrected chi connectivity index (χ1v) is 5.93. The molecule has 0 saturated heterocycles. The molecule has 0 saturated carbocycles.